The molecule has 0 saturated carbocycles. The van der Waals surface area contributed by atoms with Crippen LogP contribution in [0.1, 0.15) is 39.1 Å². The van der Waals surface area contributed by atoms with Gasteiger partial charge in [0.25, 0.3) is 11.6 Å². The van der Waals surface area contributed by atoms with Gasteiger partial charge in [-0.05, 0) is 49.6 Å². The van der Waals surface area contributed by atoms with Crippen LogP contribution in [-0.2, 0) is 4.74 Å². The van der Waals surface area contributed by atoms with Gasteiger partial charge in [0.05, 0.1) is 17.6 Å². The van der Waals surface area contributed by atoms with Crippen LogP contribution >= 0.6 is 0 Å². The molecule has 1 aliphatic heterocycles. The van der Waals surface area contributed by atoms with Crippen LogP contribution < -0.4 is 10.2 Å². The predicted molar refractivity (Wildman–Crippen MR) is 105 cm³/mol. The number of esters is 1. The van der Waals surface area contributed by atoms with E-state index in [2.05, 4.69) is 5.32 Å². The number of nitro benzene ring substituents is 1. The lowest BCUT2D eigenvalue weighted by molar-refractivity contribution is -0.384. The van der Waals surface area contributed by atoms with Gasteiger partial charge in [-0.25, -0.2) is 4.79 Å². The maximum Gasteiger partial charge on any atom is 0.337 e. The van der Waals surface area contributed by atoms with Gasteiger partial charge in [-0.2, -0.15) is 0 Å². The van der Waals surface area contributed by atoms with E-state index in [0.29, 0.717) is 16.9 Å². The number of anilines is 2. The van der Waals surface area contributed by atoms with Crippen LogP contribution in [0.4, 0.5) is 17.1 Å². The number of nitro groups is 1. The third-order valence-corrected chi connectivity index (χ3v) is 4.79. The number of ether oxygens (including phenoxy) is 1. The first-order chi connectivity index (χ1) is 13.4. The lowest BCUT2D eigenvalue weighted by Gasteiger charge is -2.18. The van der Waals surface area contributed by atoms with Gasteiger partial charge in [0.2, 0.25) is 0 Å². The molecule has 0 bridgehead atoms. The minimum atomic E-state index is -0.513. The van der Waals surface area contributed by atoms with Gasteiger partial charge in [-0.1, -0.05) is 6.07 Å². The molecule has 0 atom stereocenters. The quantitative estimate of drug-likeness (QED) is 0.481. The molecule has 2 aromatic carbocycles. The highest BCUT2D eigenvalue weighted by atomic mass is 16.6. The van der Waals surface area contributed by atoms with E-state index >= 15 is 0 Å². The summed E-state index contributed by atoms with van der Waals surface area (Å²) in [6, 6.07) is 9.31. The van der Waals surface area contributed by atoms with Crippen molar-refractivity contribution in [3.8, 4) is 0 Å². The molecular formula is C20H21N3O5. The average molecular weight is 383 g/mol. The summed E-state index contributed by atoms with van der Waals surface area (Å²) in [5.74, 6) is -0.998. The van der Waals surface area contributed by atoms with Crippen molar-refractivity contribution >= 4 is 28.9 Å². The summed E-state index contributed by atoms with van der Waals surface area (Å²) in [7, 11) is 1.28. The fourth-order valence-corrected chi connectivity index (χ4v) is 3.23. The van der Waals surface area contributed by atoms with Gasteiger partial charge >= 0.3 is 5.97 Å². The molecule has 0 aliphatic carbocycles. The lowest BCUT2D eigenvalue weighted by atomic mass is 10.1. The van der Waals surface area contributed by atoms with Crippen molar-refractivity contribution in [1.82, 2.24) is 0 Å². The zero-order chi connectivity index (χ0) is 20.3. The molecule has 0 spiro atoms. The zero-order valence-electron chi connectivity index (χ0n) is 15.7. The molecular weight excluding hydrogens is 362 g/mol. The second kappa shape index (κ2) is 8.08. The molecule has 1 amide bonds. The molecule has 1 heterocycles. The molecule has 1 saturated heterocycles. The standard InChI is InChI=1S/C20H21N3O5/c1-13-5-6-15(20(25)28-2)11-16(13)21-19(24)14-7-8-17(18(12-14)23(26)27)22-9-3-4-10-22/h5-8,11-12H,3-4,9-10H2,1-2H3,(H,21,24). The molecule has 0 unspecified atom stereocenters. The second-order valence-corrected chi connectivity index (χ2v) is 6.63. The molecule has 0 radical (unpaired) electrons. The van der Waals surface area contributed by atoms with Crippen molar-refractivity contribution in [2.75, 3.05) is 30.4 Å². The number of carbonyl (C=O) groups excluding carboxylic acids is 2. The van der Waals surface area contributed by atoms with Crippen LogP contribution in [0.15, 0.2) is 36.4 Å². The molecule has 0 aromatic heterocycles. The molecule has 1 N–H and O–H groups in total. The van der Waals surface area contributed by atoms with E-state index in [1.165, 1.54) is 19.2 Å². The largest absolute Gasteiger partial charge is 0.465 e. The smallest absolute Gasteiger partial charge is 0.337 e. The van der Waals surface area contributed by atoms with Crippen molar-refractivity contribution in [2.24, 2.45) is 0 Å². The molecule has 3 rings (SSSR count). The Balaban J connectivity index is 1.88. The van der Waals surface area contributed by atoms with E-state index < -0.39 is 16.8 Å². The minimum absolute atomic E-state index is 0.0883. The maximum atomic E-state index is 12.7. The third-order valence-electron chi connectivity index (χ3n) is 4.79. The monoisotopic (exact) mass is 383 g/mol. The number of nitrogens with zero attached hydrogens (tertiary/aromatic N) is 2. The Kier molecular flexibility index (Phi) is 5.58. The van der Waals surface area contributed by atoms with Crippen LogP contribution in [0.25, 0.3) is 0 Å². The molecule has 8 nitrogen and oxygen atoms in total. The first-order valence-electron chi connectivity index (χ1n) is 8.94. The number of rotatable bonds is 5. The molecule has 2 aromatic rings. The summed E-state index contributed by atoms with van der Waals surface area (Å²) in [4.78, 5) is 37.4. The number of amides is 1. The van der Waals surface area contributed by atoms with Crippen LogP contribution in [0.5, 0.6) is 0 Å². The van der Waals surface area contributed by atoms with Crippen molar-refractivity contribution in [3.63, 3.8) is 0 Å². The number of aryl methyl sites for hydroxylation is 1. The van der Waals surface area contributed by atoms with E-state index in [1.54, 1.807) is 31.2 Å². The summed E-state index contributed by atoms with van der Waals surface area (Å²) < 4.78 is 4.69. The highest BCUT2D eigenvalue weighted by molar-refractivity contribution is 6.06. The molecule has 146 valence electrons. The van der Waals surface area contributed by atoms with Gasteiger partial charge in [0, 0.05) is 30.4 Å². The van der Waals surface area contributed by atoms with Gasteiger partial charge in [0.15, 0.2) is 0 Å². The van der Waals surface area contributed by atoms with E-state index in [0.717, 1.165) is 31.5 Å². The molecule has 8 heteroatoms. The summed E-state index contributed by atoms with van der Waals surface area (Å²) in [6.45, 7) is 3.33. The number of benzene rings is 2. The van der Waals surface area contributed by atoms with Gasteiger partial charge < -0.3 is 15.0 Å². The Morgan fingerprint density at radius 3 is 2.43 bits per heavy atom. The Hall–Kier alpha value is -3.42. The van der Waals surface area contributed by atoms with E-state index in [1.807, 2.05) is 4.90 Å². The first-order valence-corrected chi connectivity index (χ1v) is 8.94. The normalized spacial score (nSPS) is 13.3. The SMILES string of the molecule is COC(=O)c1ccc(C)c(NC(=O)c2ccc(N3CCCC3)c([N+](=O)[O-])c2)c1. The number of hydrogen-bond donors (Lipinski definition) is 1. The Morgan fingerprint density at radius 1 is 1.11 bits per heavy atom. The highest BCUT2D eigenvalue weighted by Crippen LogP contribution is 2.32. The zero-order valence-corrected chi connectivity index (χ0v) is 15.7. The highest BCUT2D eigenvalue weighted by Gasteiger charge is 2.24. The van der Waals surface area contributed by atoms with Crippen LogP contribution in [0, 0.1) is 17.0 Å². The maximum absolute atomic E-state index is 12.7. The van der Waals surface area contributed by atoms with Crippen molar-refractivity contribution < 1.29 is 19.2 Å². The third kappa shape index (κ3) is 3.95. The summed E-state index contributed by atoms with van der Waals surface area (Å²) in [5, 5.41) is 14.2. The molecule has 28 heavy (non-hydrogen) atoms. The summed E-state index contributed by atoms with van der Waals surface area (Å²) >= 11 is 0. The number of hydrogen-bond acceptors (Lipinski definition) is 6. The van der Waals surface area contributed by atoms with Crippen molar-refractivity contribution in [2.45, 2.75) is 19.8 Å². The topological polar surface area (TPSA) is 102 Å². The summed E-state index contributed by atoms with van der Waals surface area (Å²) in [6.07, 6.45) is 1.99. The minimum Gasteiger partial charge on any atom is -0.465 e. The fourth-order valence-electron chi connectivity index (χ4n) is 3.23. The second-order valence-electron chi connectivity index (χ2n) is 6.63. The van der Waals surface area contributed by atoms with Crippen LogP contribution in [-0.4, -0.2) is 37.0 Å². The Bertz CT molecular complexity index is 935. The van der Waals surface area contributed by atoms with Gasteiger partial charge in [0.1, 0.15) is 5.69 Å². The summed E-state index contributed by atoms with van der Waals surface area (Å²) in [5.41, 5.74) is 2.12. The van der Waals surface area contributed by atoms with E-state index in [-0.39, 0.29) is 11.3 Å². The fraction of sp³-hybridized carbons (Fsp3) is 0.300. The van der Waals surface area contributed by atoms with E-state index in [9.17, 15) is 19.7 Å². The Morgan fingerprint density at radius 2 is 1.79 bits per heavy atom. The average Bonchev–Trinajstić information content (AvgIpc) is 3.23. The van der Waals surface area contributed by atoms with Gasteiger partial charge in [-0.15, -0.1) is 0 Å². The van der Waals surface area contributed by atoms with Crippen LogP contribution in [0.2, 0.25) is 0 Å². The molecule has 1 fully saturated rings. The van der Waals surface area contributed by atoms with Crippen LogP contribution in [0.3, 0.4) is 0 Å². The number of methoxy groups -OCH3 is 1. The van der Waals surface area contributed by atoms with Gasteiger partial charge in [-0.3, -0.25) is 14.9 Å². The van der Waals surface area contributed by atoms with Crippen molar-refractivity contribution in [3.05, 3.63) is 63.2 Å². The van der Waals surface area contributed by atoms with Crippen molar-refractivity contribution in [1.29, 1.82) is 0 Å². The van der Waals surface area contributed by atoms with E-state index in [4.69, 9.17) is 4.74 Å². The lowest BCUT2D eigenvalue weighted by Crippen LogP contribution is -2.20. The predicted octanol–water partition coefficient (Wildman–Crippen LogP) is 3.54. The first kappa shape index (κ1) is 19.3. The molecule has 1 aliphatic rings. The number of nitrogens with one attached hydrogen (secondary N) is 1. The Labute approximate surface area is 162 Å². The number of carbonyl (C=O) groups is 2.